The lowest BCUT2D eigenvalue weighted by Crippen LogP contribution is -2.38. The monoisotopic (exact) mass is 420 g/mol. The first-order chi connectivity index (χ1) is 15.0. The van der Waals surface area contributed by atoms with Crippen molar-refractivity contribution in [2.45, 2.75) is 52.6 Å². The third kappa shape index (κ3) is 4.13. The zero-order chi connectivity index (χ0) is 22.0. The van der Waals surface area contributed by atoms with Gasteiger partial charge >= 0.3 is 0 Å². The summed E-state index contributed by atoms with van der Waals surface area (Å²) in [6.07, 6.45) is 5.23. The second kappa shape index (κ2) is 8.79. The molecule has 3 aromatic rings. The van der Waals surface area contributed by atoms with Crippen molar-refractivity contribution in [3.63, 3.8) is 0 Å². The molecule has 0 saturated carbocycles. The third-order valence-electron chi connectivity index (χ3n) is 5.86. The number of unbranched alkanes of at least 4 members (excludes halogenated alkanes) is 2. The second-order valence-corrected chi connectivity index (χ2v) is 8.15. The molecule has 1 aromatic heterocycles. The van der Waals surface area contributed by atoms with E-state index in [2.05, 4.69) is 17.1 Å². The molecule has 31 heavy (non-hydrogen) atoms. The lowest BCUT2D eigenvalue weighted by atomic mass is 9.92. The number of fused-ring (bicyclic) bond motifs is 1. The zero-order valence-corrected chi connectivity index (χ0v) is 18.0. The minimum atomic E-state index is -0.243. The average molecular weight is 421 g/mol. The van der Waals surface area contributed by atoms with Gasteiger partial charge < -0.3 is 19.7 Å². The molecule has 7 heteroatoms. The summed E-state index contributed by atoms with van der Waals surface area (Å²) in [6, 6.07) is 9.19. The van der Waals surface area contributed by atoms with Crippen LogP contribution in [0.25, 0.3) is 11.1 Å². The molecule has 0 fully saturated rings. The quantitative estimate of drug-likeness (QED) is 0.587. The number of phenolic OH excluding ortho intramolecular Hbond substituents is 2. The maximum absolute atomic E-state index is 13.6. The van der Waals surface area contributed by atoms with Crippen molar-refractivity contribution in [1.29, 1.82) is 0 Å². The fourth-order valence-corrected chi connectivity index (χ4v) is 4.19. The van der Waals surface area contributed by atoms with E-state index < -0.39 is 0 Å². The summed E-state index contributed by atoms with van der Waals surface area (Å²) in [5.41, 5.74) is 2.94. The number of aromatic nitrogens is 3. The Morgan fingerprint density at radius 2 is 2.00 bits per heavy atom. The SMILES string of the molecule is CCCCCc1cc(O)c(-c2cccc(C)c2)c(O)c1C(=O)N1CCn2cnnc2C1. The van der Waals surface area contributed by atoms with Gasteiger partial charge in [0.25, 0.3) is 5.91 Å². The van der Waals surface area contributed by atoms with Gasteiger partial charge in [-0.1, -0.05) is 49.6 Å². The number of phenols is 2. The highest BCUT2D eigenvalue weighted by Gasteiger charge is 2.29. The zero-order valence-electron chi connectivity index (χ0n) is 18.0. The highest BCUT2D eigenvalue weighted by Crippen LogP contribution is 2.42. The molecule has 4 rings (SSSR count). The number of nitrogens with zero attached hydrogens (tertiary/aromatic N) is 4. The van der Waals surface area contributed by atoms with Crippen LogP contribution in [-0.2, 0) is 19.5 Å². The van der Waals surface area contributed by atoms with Gasteiger partial charge in [0, 0.05) is 13.1 Å². The molecule has 0 aliphatic carbocycles. The molecular formula is C24H28N4O3. The number of benzene rings is 2. The van der Waals surface area contributed by atoms with Crippen LogP contribution in [0, 0.1) is 6.92 Å². The lowest BCUT2D eigenvalue weighted by molar-refractivity contribution is 0.0703. The second-order valence-electron chi connectivity index (χ2n) is 8.15. The topological polar surface area (TPSA) is 91.5 Å². The van der Waals surface area contributed by atoms with E-state index in [9.17, 15) is 15.0 Å². The van der Waals surface area contributed by atoms with E-state index in [4.69, 9.17) is 0 Å². The third-order valence-corrected chi connectivity index (χ3v) is 5.86. The number of carbonyl (C=O) groups is 1. The molecule has 0 bridgehead atoms. The Kier molecular flexibility index (Phi) is 5.93. The average Bonchev–Trinajstić information content (AvgIpc) is 3.21. The molecule has 0 atom stereocenters. The molecule has 2 N–H and O–H groups in total. The number of amides is 1. The summed E-state index contributed by atoms with van der Waals surface area (Å²) in [7, 11) is 0. The Balaban J connectivity index is 1.78. The molecule has 1 aliphatic heterocycles. The Hall–Kier alpha value is -3.35. The number of carbonyl (C=O) groups excluding carboxylic acids is 1. The van der Waals surface area contributed by atoms with E-state index in [0.717, 1.165) is 30.7 Å². The fraction of sp³-hybridized carbons (Fsp3) is 0.375. The van der Waals surface area contributed by atoms with Crippen molar-refractivity contribution in [3.8, 4) is 22.6 Å². The number of aromatic hydroxyl groups is 2. The highest BCUT2D eigenvalue weighted by molar-refractivity contribution is 6.01. The Morgan fingerprint density at radius 1 is 1.16 bits per heavy atom. The van der Waals surface area contributed by atoms with Crippen LogP contribution in [0.1, 0.15) is 53.5 Å². The van der Waals surface area contributed by atoms with Gasteiger partial charge in [-0.2, -0.15) is 0 Å². The minimum Gasteiger partial charge on any atom is -0.507 e. The Labute approximate surface area is 182 Å². The van der Waals surface area contributed by atoms with Crippen LogP contribution in [-0.4, -0.2) is 42.3 Å². The van der Waals surface area contributed by atoms with Gasteiger partial charge in [0.05, 0.1) is 17.7 Å². The first-order valence-electron chi connectivity index (χ1n) is 10.8. The number of rotatable bonds is 6. The molecule has 1 aliphatic rings. The van der Waals surface area contributed by atoms with E-state index in [1.807, 2.05) is 35.8 Å². The predicted octanol–water partition coefficient (Wildman–Crippen LogP) is 4.05. The standard InChI is InChI=1S/C24H28N4O3/c1-3-4-5-8-18-13-19(29)21(17-9-6-7-16(2)12-17)23(30)22(18)24(31)27-10-11-28-15-25-26-20(28)14-27/h6-7,9,12-13,15,29-30H,3-5,8,10-11,14H2,1-2H3. The van der Waals surface area contributed by atoms with Crippen LogP contribution in [0.4, 0.5) is 0 Å². The lowest BCUT2D eigenvalue weighted by Gasteiger charge is -2.28. The summed E-state index contributed by atoms with van der Waals surface area (Å²) in [4.78, 5) is 15.3. The molecule has 0 saturated heterocycles. The van der Waals surface area contributed by atoms with Crippen LogP contribution in [0.3, 0.4) is 0 Å². The summed E-state index contributed by atoms with van der Waals surface area (Å²) in [5.74, 6) is 0.315. The predicted molar refractivity (Wildman–Crippen MR) is 118 cm³/mol. The largest absolute Gasteiger partial charge is 0.507 e. The summed E-state index contributed by atoms with van der Waals surface area (Å²) in [5, 5.41) is 30.1. The maximum atomic E-state index is 13.6. The molecule has 2 heterocycles. The van der Waals surface area contributed by atoms with Gasteiger partial charge in [0.2, 0.25) is 0 Å². The van der Waals surface area contributed by atoms with Crippen LogP contribution in [0.5, 0.6) is 11.5 Å². The first kappa shape index (κ1) is 20.9. The molecule has 0 radical (unpaired) electrons. The van der Waals surface area contributed by atoms with Crippen molar-refractivity contribution in [1.82, 2.24) is 19.7 Å². The van der Waals surface area contributed by atoms with E-state index in [-0.39, 0.29) is 23.0 Å². The van der Waals surface area contributed by atoms with E-state index in [1.165, 1.54) is 0 Å². The Morgan fingerprint density at radius 3 is 2.77 bits per heavy atom. The van der Waals surface area contributed by atoms with Gasteiger partial charge in [-0.3, -0.25) is 4.79 Å². The van der Waals surface area contributed by atoms with Gasteiger partial charge in [0.1, 0.15) is 17.8 Å². The molecule has 0 spiro atoms. The summed E-state index contributed by atoms with van der Waals surface area (Å²) >= 11 is 0. The number of hydrogen-bond donors (Lipinski definition) is 2. The van der Waals surface area contributed by atoms with Gasteiger partial charge in [-0.15, -0.1) is 10.2 Å². The van der Waals surface area contributed by atoms with E-state index in [0.29, 0.717) is 42.7 Å². The van der Waals surface area contributed by atoms with Crippen molar-refractivity contribution in [2.75, 3.05) is 6.54 Å². The summed E-state index contributed by atoms with van der Waals surface area (Å²) < 4.78 is 1.93. The van der Waals surface area contributed by atoms with Crippen molar-refractivity contribution >= 4 is 5.91 Å². The van der Waals surface area contributed by atoms with E-state index in [1.54, 1.807) is 17.3 Å². The highest BCUT2D eigenvalue weighted by atomic mass is 16.3. The van der Waals surface area contributed by atoms with Crippen LogP contribution >= 0.6 is 0 Å². The molecule has 7 nitrogen and oxygen atoms in total. The molecule has 0 unspecified atom stereocenters. The van der Waals surface area contributed by atoms with Gasteiger partial charge in [-0.25, -0.2) is 0 Å². The normalized spacial score (nSPS) is 13.3. The molecule has 162 valence electrons. The van der Waals surface area contributed by atoms with E-state index >= 15 is 0 Å². The molecule has 1 amide bonds. The minimum absolute atomic E-state index is 0.00969. The maximum Gasteiger partial charge on any atom is 0.258 e. The van der Waals surface area contributed by atoms with Crippen LogP contribution in [0.2, 0.25) is 0 Å². The fourth-order valence-electron chi connectivity index (χ4n) is 4.19. The van der Waals surface area contributed by atoms with Gasteiger partial charge in [0.15, 0.2) is 5.82 Å². The Bertz CT molecular complexity index is 1110. The van der Waals surface area contributed by atoms with Crippen LogP contribution in [0.15, 0.2) is 36.7 Å². The van der Waals surface area contributed by atoms with Gasteiger partial charge in [-0.05, 0) is 37.0 Å². The van der Waals surface area contributed by atoms with Crippen molar-refractivity contribution in [3.05, 3.63) is 59.2 Å². The molecular weight excluding hydrogens is 392 g/mol. The van der Waals surface area contributed by atoms with Crippen LogP contribution < -0.4 is 0 Å². The van der Waals surface area contributed by atoms with Crippen molar-refractivity contribution < 1.29 is 15.0 Å². The number of hydrogen-bond acceptors (Lipinski definition) is 5. The molecule has 2 aromatic carbocycles. The number of aryl methyl sites for hydroxylation is 2. The smallest absolute Gasteiger partial charge is 0.258 e. The van der Waals surface area contributed by atoms with Crippen molar-refractivity contribution in [2.24, 2.45) is 0 Å². The first-order valence-corrected chi connectivity index (χ1v) is 10.8. The summed E-state index contributed by atoms with van der Waals surface area (Å²) in [6.45, 7) is 5.53.